The zero-order valence-electron chi connectivity index (χ0n) is 10.6. The first-order valence-corrected chi connectivity index (χ1v) is 7.22. The predicted molar refractivity (Wildman–Crippen MR) is 69.3 cm³/mol. The second-order valence-electron chi connectivity index (χ2n) is 5.93. The summed E-state index contributed by atoms with van der Waals surface area (Å²) < 4.78 is 5.76. The molecule has 0 radical (unpaired) electrons. The molecule has 4 heteroatoms. The third-order valence-electron chi connectivity index (χ3n) is 3.80. The van der Waals surface area contributed by atoms with Crippen LogP contribution in [0.25, 0.3) is 0 Å². The number of nitrogens with zero attached hydrogens (tertiary/aromatic N) is 1. The Bertz CT molecular complexity index is 419. The molecular formula is C13H20N2OS. The second kappa shape index (κ2) is 3.77. The average molecular weight is 252 g/mol. The third-order valence-corrected chi connectivity index (χ3v) is 5.18. The normalized spacial score (nSPS) is 31.5. The molecule has 0 bridgehead atoms. The van der Waals surface area contributed by atoms with Crippen LogP contribution in [-0.2, 0) is 23.1 Å². The largest absolute Gasteiger partial charge is 0.375 e. The summed E-state index contributed by atoms with van der Waals surface area (Å²) in [6.07, 6.45) is 5.36. The van der Waals surface area contributed by atoms with E-state index in [9.17, 15) is 0 Å². The second-order valence-corrected chi connectivity index (χ2v) is 7.02. The molecule has 0 saturated carbocycles. The van der Waals surface area contributed by atoms with Gasteiger partial charge in [0.05, 0.1) is 16.8 Å². The Balaban J connectivity index is 1.91. The minimum atomic E-state index is -0.267. The summed E-state index contributed by atoms with van der Waals surface area (Å²) in [7, 11) is 0. The molecule has 17 heavy (non-hydrogen) atoms. The van der Waals surface area contributed by atoms with Crippen molar-refractivity contribution in [3.8, 4) is 0 Å². The zero-order valence-corrected chi connectivity index (χ0v) is 11.4. The van der Waals surface area contributed by atoms with Gasteiger partial charge in [-0.15, -0.1) is 11.3 Å². The summed E-state index contributed by atoms with van der Waals surface area (Å²) in [4.78, 5) is 6.26. The summed E-state index contributed by atoms with van der Waals surface area (Å²) in [5.74, 6) is 0. The van der Waals surface area contributed by atoms with Gasteiger partial charge in [-0.25, -0.2) is 4.98 Å². The minimum Gasteiger partial charge on any atom is -0.375 e. The van der Waals surface area contributed by atoms with Crippen LogP contribution in [-0.4, -0.2) is 17.2 Å². The van der Waals surface area contributed by atoms with Gasteiger partial charge in [0.1, 0.15) is 5.01 Å². The monoisotopic (exact) mass is 252 g/mol. The smallest absolute Gasteiger partial charge is 0.113 e. The summed E-state index contributed by atoms with van der Waals surface area (Å²) in [5.41, 5.74) is 7.50. The minimum absolute atomic E-state index is 0.122. The van der Waals surface area contributed by atoms with Crippen LogP contribution in [0.3, 0.4) is 0 Å². The van der Waals surface area contributed by atoms with Gasteiger partial charge in [0.15, 0.2) is 0 Å². The first-order valence-electron chi connectivity index (χ1n) is 6.40. The summed E-state index contributed by atoms with van der Waals surface area (Å²) in [6.45, 7) is 4.98. The van der Waals surface area contributed by atoms with Crippen molar-refractivity contribution in [2.24, 2.45) is 5.73 Å². The molecule has 3 nitrogen and oxygen atoms in total. The van der Waals surface area contributed by atoms with E-state index in [4.69, 9.17) is 15.5 Å². The Hall–Kier alpha value is -0.450. The van der Waals surface area contributed by atoms with E-state index in [1.54, 1.807) is 0 Å². The number of ether oxygens (including phenoxy) is 1. The van der Waals surface area contributed by atoms with E-state index in [0.29, 0.717) is 0 Å². The van der Waals surface area contributed by atoms with Crippen molar-refractivity contribution >= 4 is 11.3 Å². The van der Waals surface area contributed by atoms with Crippen molar-refractivity contribution < 1.29 is 4.74 Å². The first kappa shape index (κ1) is 11.6. The molecule has 1 aromatic heterocycles. The van der Waals surface area contributed by atoms with Gasteiger partial charge in [-0.1, -0.05) is 0 Å². The molecule has 1 aromatic rings. The van der Waals surface area contributed by atoms with Crippen molar-refractivity contribution in [1.82, 2.24) is 4.98 Å². The van der Waals surface area contributed by atoms with E-state index in [0.717, 1.165) is 30.9 Å². The Morgan fingerprint density at radius 1 is 1.35 bits per heavy atom. The van der Waals surface area contributed by atoms with Crippen LogP contribution in [0.1, 0.15) is 48.7 Å². The Morgan fingerprint density at radius 2 is 2.18 bits per heavy atom. The van der Waals surface area contributed by atoms with Gasteiger partial charge in [0.2, 0.25) is 0 Å². The van der Waals surface area contributed by atoms with Crippen LogP contribution >= 0.6 is 11.3 Å². The molecule has 0 aromatic carbocycles. The average Bonchev–Trinajstić information content (AvgIpc) is 2.73. The van der Waals surface area contributed by atoms with Gasteiger partial charge in [0.25, 0.3) is 0 Å². The molecule has 94 valence electrons. The lowest BCUT2D eigenvalue weighted by Gasteiger charge is -2.41. The molecular weight excluding hydrogens is 232 g/mol. The number of nitrogens with two attached hydrogens (primary N) is 1. The predicted octanol–water partition coefficient (Wildman–Crippen LogP) is 2.37. The van der Waals surface area contributed by atoms with Crippen molar-refractivity contribution in [3.05, 3.63) is 15.6 Å². The van der Waals surface area contributed by atoms with Crippen molar-refractivity contribution in [1.29, 1.82) is 0 Å². The molecule has 2 aliphatic rings. The highest BCUT2D eigenvalue weighted by atomic mass is 32.1. The van der Waals surface area contributed by atoms with Crippen LogP contribution in [0, 0.1) is 0 Å². The van der Waals surface area contributed by atoms with Crippen molar-refractivity contribution in [3.63, 3.8) is 0 Å². The standard InChI is InChI=1S/C13H20N2OS/c1-12(2)8-13(14,6-7-16-12)11-15-9-4-3-5-10(9)17-11/h3-8,14H2,1-2H3. The molecule has 2 N–H and O–H groups in total. The van der Waals surface area contributed by atoms with E-state index in [-0.39, 0.29) is 11.1 Å². The van der Waals surface area contributed by atoms with Crippen LogP contribution in [0.2, 0.25) is 0 Å². The Labute approximate surface area is 106 Å². The maximum atomic E-state index is 6.58. The fourth-order valence-corrected chi connectivity index (χ4v) is 4.27. The molecule has 1 aliphatic carbocycles. The fraction of sp³-hybridized carbons (Fsp3) is 0.769. The van der Waals surface area contributed by atoms with Crippen molar-refractivity contribution in [2.45, 2.75) is 57.1 Å². The maximum absolute atomic E-state index is 6.58. The van der Waals surface area contributed by atoms with E-state index < -0.39 is 0 Å². The number of hydrogen-bond donors (Lipinski definition) is 1. The highest BCUT2D eigenvalue weighted by Crippen LogP contribution is 2.41. The van der Waals surface area contributed by atoms with Gasteiger partial charge in [-0.3, -0.25) is 0 Å². The molecule has 1 unspecified atom stereocenters. The molecule has 1 atom stereocenters. The lowest BCUT2D eigenvalue weighted by molar-refractivity contribution is -0.0813. The maximum Gasteiger partial charge on any atom is 0.113 e. The molecule has 2 heterocycles. The SMILES string of the molecule is CC1(C)CC(N)(c2nc3c(s2)CCC3)CCO1. The summed E-state index contributed by atoms with van der Waals surface area (Å²) in [5, 5.41) is 1.14. The van der Waals surface area contributed by atoms with Gasteiger partial charge in [0, 0.05) is 17.9 Å². The Morgan fingerprint density at radius 3 is 2.88 bits per heavy atom. The molecule has 0 spiro atoms. The molecule has 1 saturated heterocycles. The molecule has 1 aliphatic heterocycles. The van der Waals surface area contributed by atoms with Crippen LogP contribution in [0.15, 0.2) is 0 Å². The zero-order chi connectivity index (χ0) is 12.1. The summed E-state index contributed by atoms with van der Waals surface area (Å²) in [6, 6.07) is 0. The first-order chi connectivity index (χ1) is 7.99. The van der Waals surface area contributed by atoms with Gasteiger partial charge < -0.3 is 10.5 Å². The lowest BCUT2D eigenvalue weighted by atomic mass is 9.82. The summed E-state index contributed by atoms with van der Waals surface area (Å²) >= 11 is 1.84. The Kier molecular flexibility index (Phi) is 2.58. The van der Waals surface area contributed by atoms with E-state index >= 15 is 0 Å². The van der Waals surface area contributed by atoms with E-state index in [2.05, 4.69) is 13.8 Å². The number of fused-ring (bicyclic) bond motifs is 1. The number of rotatable bonds is 1. The highest BCUT2D eigenvalue weighted by molar-refractivity contribution is 7.12. The fourth-order valence-electron chi connectivity index (χ4n) is 2.99. The van der Waals surface area contributed by atoms with Crippen LogP contribution in [0.5, 0.6) is 0 Å². The highest BCUT2D eigenvalue weighted by Gasteiger charge is 2.41. The number of aryl methyl sites for hydroxylation is 2. The quantitative estimate of drug-likeness (QED) is 0.834. The lowest BCUT2D eigenvalue weighted by Crippen LogP contribution is -2.49. The third kappa shape index (κ3) is 2.02. The van der Waals surface area contributed by atoms with Crippen LogP contribution < -0.4 is 5.73 Å². The van der Waals surface area contributed by atoms with Crippen LogP contribution in [0.4, 0.5) is 0 Å². The molecule has 1 fully saturated rings. The van der Waals surface area contributed by atoms with E-state index in [1.807, 2.05) is 11.3 Å². The topological polar surface area (TPSA) is 48.1 Å². The van der Waals surface area contributed by atoms with Crippen molar-refractivity contribution in [2.75, 3.05) is 6.61 Å². The molecule has 3 rings (SSSR count). The van der Waals surface area contributed by atoms with Gasteiger partial charge >= 0.3 is 0 Å². The van der Waals surface area contributed by atoms with E-state index in [1.165, 1.54) is 23.4 Å². The van der Waals surface area contributed by atoms with Gasteiger partial charge in [-0.2, -0.15) is 0 Å². The molecule has 0 amide bonds. The number of thiazole rings is 1. The van der Waals surface area contributed by atoms with Gasteiger partial charge in [-0.05, 0) is 39.5 Å². The number of aromatic nitrogens is 1. The number of hydrogen-bond acceptors (Lipinski definition) is 4.